The fraction of sp³-hybridized carbons (Fsp3) is 0.500. The number of benzene rings is 1. The lowest BCUT2D eigenvalue weighted by molar-refractivity contribution is 0.265. The number of hydrogen-bond acceptors (Lipinski definition) is 4. The molecule has 0 heterocycles. The summed E-state index contributed by atoms with van der Waals surface area (Å²) < 4.78 is 0. The molecule has 1 fully saturated rings. The molecule has 1 aromatic carbocycles. The monoisotopic (exact) mass is 245 g/mol. The Bertz CT molecular complexity index is 414. The molecule has 0 aliphatic heterocycles. The second-order valence-electron chi connectivity index (χ2n) is 4.67. The van der Waals surface area contributed by atoms with Gasteiger partial charge in [-0.25, -0.2) is 4.79 Å². The highest BCUT2D eigenvalue weighted by Crippen LogP contribution is 2.44. The van der Waals surface area contributed by atoms with Gasteiger partial charge in [0.15, 0.2) is 0 Å². The van der Waals surface area contributed by atoms with Crippen LogP contribution in [0.15, 0.2) is 35.4 Å². The van der Waals surface area contributed by atoms with Crippen LogP contribution >= 0.6 is 0 Å². The van der Waals surface area contributed by atoms with E-state index in [-0.39, 0.29) is 0 Å². The van der Waals surface area contributed by atoms with Gasteiger partial charge in [0.25, 0.3) is 6.08 Å². The number of hydrazone groups is 1. The van der Waals surface area contributed by atoms with E-state index in [2.05, 4.69) is 17.2 Å². The molecule has 18 heavy (non-hydrogen) atoms. The number of rotatable bonds is 7. The second kappa shape index (κ2) is 6.34. The first-order chi connectivity index (χ1) is 8.86. The fourth-order valence-corrected chi connectivity index (χ4v) is 2.33. The summed E-state index contributed by atoms with van der Waals surface area (Å²) in [4.78, 5) is 10.5. The fourth-order valence-electron chi connectivity index (χ4n) is 2.33. The van der Waals surface area contributed by atoms with Gasteiger partial charge in [-0.15, -0.1) is 0 Å². The molecular weight excluding hydrogens is 226 g/mol. The Morgan fingerprint density at radius 1 is 1.33 bits per heavy atom. The van der Waals surface area contributed by atoms with Gasteiger partial charge in [-0.1, -0.05) is 35.4 Å². The highest BCUT2D eigenvalue weighted by molar-refractivity contribution is 5.33. The van der Waals surface area contributed by atoms with Crippen molar-refractivity contribution >= 4 is 6.08 Å². The van der Waals surface area contributed by atoms with Crippen LogP contribution in [0.2, 0.25) is 0 Å². The van der Waals surface area contributed by atoms with Gasteiger partial charge in [0, 0.05) is 12.5 Å². The first kappa shape index (κ1) is 12.8. The Labute approximate surface area is 107 Å². The molecular formula is C14H19N3O. The van der Waals surface area contributed by atoms with Gasteiger partial charge in [0.1, 0.15) is 0 Å². The van der Waals surface area contributed by atoms with Gasteiger partial charge < -0.3 is 5.73 Å². The molecule has 0 aromatic heterocycles. The summed E-state index contributed by atoms with van der Waals surface area (Å²) >= 11 is 0. The average Bonchev–Trinajstić information content (AvgIpc) is 3.19. The van der Waals surface area contributed by atoms with E-state index in [0.29, 0.717) is 18.5 Å². The van der Waals surface area contributed by atoms with Crippen molar-refractivity contribution in [2.75, 3.05) is 13.1 Å². The van der Waals surface area contributed by atoms with Crippen molar-refractivity contribution in [3.8, 4) is 0 Å². The zero-order valence-corrected chi connectivity index (χ0v) is 10.5. The normalized spacial score (nSPS) is 21.2. The van der Waals surface area contributed by atoms with Crippen LogP contribution in [0.25, 0.3) is 0 Å². The van der Waals surface area contributed by atoms with Crippen LogP contribution in [0.5, 0.6) is 0 Å². The van der Waals surface area contributed by atoms with Gasteiger partial charge in [-0.05, 0) is 31.4 Å². The molecule has 1 aliphatic carbocycles. The van der Waals surface area contributed by atoms with Crippen LogP contribution in [-0.2, 0) is 4.79 Å². The van der Waals surface area contributed by atoms with E-state index in [1.54, 1.807) is 6.08 Å². The van der Waals surface area contributed by atoms with Crippen molar-refractivity contribution in [3.63, 3.8) is 0 Å². The largest absolute Gasteiger partial charge is 0.330 e. The van der Waals surface area contributed by atoms with E-state index in [1.165, 1.54) is 5.56 Å². The first-order valence-corrected chi connectivity index (χ1v) is 6.46. The minimum absolute atomic E-state index is 0.353. The molecule has 2 atom stereocenters. The second-order valence-corrected chi connectivity index (χ2v) is 4.67. The average molecular weight is 245 g/mol. The third kappa shape index (κ3) is 3.19. The summed E-state index contributed by atoms with van der Waals surface area (Å²) in [6.45, 7) is 1.48. The van der Waals surface area contributed by atoms with Gasteiger partial charge in [0.2, 0.25) is 0 Å². The van der Waals surface area contributed by atoms with E-state index < -0.39 is 0 Å². The van der Waals surface area contributed by atoms with E-state index in [1.807, 2.05) is 23.2 Å². The van der Waals surface area contributed by atoms with Crippen LogP contribution in [0, 0.1) is 0 Å². The summed E-state index contributed by atoms with van der Waals surface area (Å²) in [5.41, 5.74) is 6.80. The van der Waals surface area contributed by atoms with E-state index in [0.717, 1.165) is 25.8 Å². The highest BCUT2D eigenvalue weighted by Gasteiger charge is 2.42. The topological polar surface area (TPSA) is 58.7 Å². The lowest BCUT2D eigenvalue weighted by Crippen LogP contribution is -2.23. The maximum absolute atomic E-state index is 10.5. The van der Waals surface area contributed by atoms with Crippen molar-refractivity contribution in [3.05, 3.63) is 35.9 Å². The lowest BCUT2D eigenvalue weighted by Gasteiger charge is -2.17. The SMILES string of the molecule is NCCCCN(N=C=O)C1CC1c1ccccc1. The van der Waals surface area contributed by atoms with Crippen LogP contribution < -0.4 is 5.73 Å². The molecule has 0 saturated heterocycles. The van der Waals surface area contributed by atoms with Crippen molar-refractivity contribution < 1.29 is 4.79 Å². The van der Waals surface area contributed by atoms with Crippen LogP contribution in [-0.4, -0.2) is 30.2 Å². The molecule has 2 unspecified atom stereocenters. The summed E-state index contributed by atoms with van der Waals surface area (Å²) in [7, 11) is 0. The minimum Gasteiger partial charge on any atom is -0.330 e. The molecule has 0 radical (unpaired) electrons. The molecule has 4 nitrogen and oxygen atoms in total. The number of unbranched alkanes of at least 4 members (excludes halogenated alkanes) is 1. The zero-order valence-electron chi connectivity index (χ0n) is 10.5. The smallest absolute Gasteiger partial charge is 0.258 e. The Balaban J connectivity index is 1.92. The summed E-state index contributed by atoms with van der Waals surface area (Å²) in [6.07, 6.45) is 4.66. The molecule has 0 amide bonds. The molecule has 0 bridgehead atoms. The Morgan fingerprint density at radius 3 is 2.78 bits per heavy atom. The maximum Gasteiger partial charge on any atom is 0.258 e. The maximum atomic E-state index is 10.5. The molecule has 4 heteroatoms. The quantitative estimate of drug-likeness (QED) is 0.345. The summed E-state index contributed by atoms with van der Waals surface area (Å²) in [6, 6.07) is 10.7. The zero-order chi connectivity index (χ0) is 12.8. The molecule has 1 saturated carbocycles. The first-order valence-electron chi connectivity index (χ1n) is 6.46. The third-order valence-corrected chi connectivity index (χ3v) is 3.38. The van der Waals surface area contributed by atoms with Crippen LogP contribution in [0.1, 0.15) is 30.7 Å². The van der Waals surface area contributed by atoms with Gasteiger partial charge in [-0.2, -0.15) is 0 Å². The van der Waals surface area contributed by atoms with Gasteiger partial charge in [0.05, 0.1) is 6.04 Å². The van der Waals surface area contributed by atoms with Crippen molar-refractivity contribution in [2.24, 2.45) is 10.8 Å². The number of nitrogens with two attached hydrogens (primary N) is 1. The van der Waals surface area contributed by atoms with Crippen LogP contribution in [0.4, 0.5) is 0 Å². The van der Waals surface area contributed by atoms with Gasteiger partial charge >= 0.3 is 0 Å². The number of nitrogens with zero attached hydrogens (tertiary/aromatic N) is 2. The summed E-state index contributed by atoms with van der Waals surface area (Å²) in [5, 5.41) is 5.70. The number of carbonyl (C=O) groups excluding carboxylic acids is 1. The highest BCUT2D eigenvalue weighted by atomic mass is 16.1. The number of hydrogen-bond donors (Lipinski definition) is 1. The van der Waals surface area contributed by atoms with Gasteiger partial charge in [-0.3, -0.25) is 5.01 Å². The third-order valence-electron chi connectivity index (χ3n) is 3.38. The van der Waals surface area contributed by atoms with E-state index in [9.17, 15) is 4.79 Å². The molecule has 1 aliphatic rings. The predicted molar refractivity (Wildman–Crippen MR) is 70.7 cm³/mol. The Morgan fingerprint density at radius 2 is 2.11 bits per heavy atom. The van der Waals surface area contributed by atoms with Crippen LogP contribution in [0.3, 0.4) is 0 Å². The number of isocyanates is 1. The van der Waals surface area contributed by atoms with Crippen molar-refractivity contribution in [1.29, 1.82) is 0 Å². The van der Waals surface area contributed by atoms with Crippen molar-refractivity contribution in [2.45, 2.75) is 31.2 Å². The minimum atomic E-state index is 0.353. The van der Waals surface area contributed by atoms with Crippen molar-refractivity contribution in [1.82, 2.24) is 5.01 Å². The molecule has 0 spiro atoms. The Kier molecular flexibility index (Phi) is 4.51. The van der Waals surface area contributed by atoms with E-state index >= 15 is 0 Å². The molecule has 96 valence electrons. The summed E-state index contributed by atoms with van der Waals surface area (Å²) in [5.74, 6) is 0.501. The van der Waals surface area contributed by atoms with E-state index in [4.69, 9.17) is 5.73 Å². The lowest BCUT2D eigenvalue weighted by atomic mass is 10.1. The predicted octanol–water partition coefficient (Wildman–Crippen LogP) is 1.83. The molecule has 1 aromatic rings. The molecule has 2 rings (SSSR count). The Hall–Kier alpha value is -1.64. The molecule has 2 N–H and O–H groups in total. The standard InChI is InChI=1S/C14H19N3O/c15-8-4-5-9-17(16-11-18)14-10-13(14)12-6-2-1-3-7-12/h1-3,6-7,13-14H,4-5,8-10,15H2.